The van der Waals surface area contributed by atoms with Crippen molar-refractivity contribution in [1.29, 1.82) is 0 Å². The van der Waals surface area contributed by atoms with Gasteiger partial charge in [0.2, 0.25) is 17.9 Å². The Hall–Kier alpha value is -3.49. The third-order valence-corrected chi connectivity index (χ3v) is 7.81. The number of carbonyl (C=O) groups excluding carboxylic acids is 1. The molecule has 3 aromatic rings. The van der Waals surface area contributed by atoms with Crippen LogP contribution in [0.5, 0.6) is 5.75 Å². The lowest BCUT2D eigenvalue weighted by Crippen LogP contribution is -2.53. The molecule has 0 saturated carbocycles. The lowest BCUT2D eigenvalue weighted by molar-refractivity contribution is -0.125. The smallest absolute Gasteiger partial charge is 0.240 e. The maximum Gasteiger partial charge on any atom is 0.240 e. The lowest BCUT2D eigenvalue weighted by atomic mass is 9.92. The highest BCUT2D eigenvalue weighted by molar-refractivity contribution is 7.91. The zero-order valence-corrected chi connectivity index (χ0v) is 21.4. The van der Waals surface area contributed by atoms with Gasteiger partial charge in [-0.25, -0.2) is 17.2 Å². The summed E-state index contributed by atoms with van der Waals surface area (Å²) in [5, 5.41) is 2.48. The van der Waals surface area contributed by atoms with Crippen LogP contribution in [0.15, 0.2) is 102 Å². The molecule has 5 nitrogen and oxygen atoms in total. The molecule has 0 aliphatic heterocycles. The van der Waals surface area contributed by atoms with Crippen molar-refractivity contribution in [3.8, 4) is 5.75 Å². The number of carbonyl (C=O) groups is 1. The summed E-state index contributed by atoms with van der Waals surface area (Å²) >= 11 is 6.03. The minimum atomic E-state index is -3.39. The van der Waals surface area contributed by atoms with Gasteiger partial charge in [-0.15, -0.1) is 0 Å². The van der Waals surface area contributed by atoms with Gasteiger partial charge in [-0.3, -0.25) is 4.79 Å². The Labute approximate surface area is 219 Å². The molecular weight excluding hydrogens is 520 g/mol. The lowest BCUT2D eigenvalue weighted by Gasteiger charge is -2.32. The van der Waals surface area contributed by atoms with Gasteiger partial charge in [-0.2, -0.15) is 0 Å². The molecule has 0 radical (unpaired) electrons. The van der Waals surface area contributed by atoms with E-state index in [1.54, 1.807) is 48.5 Å². The van der Waals surface area contributed by atoms with Gasteiger partial charge in [0.1, 0.15) is 5.75 Å². The highest BCUT2D eigenvalue weighted by Crippen LogP contribution is 2.37. The Morgan fingerprint density at radius 3 is 2.41 bits per heavy atom. The topological polar surface area (TPSA) is 72.5 Å². The van der Waals surface area contributed by atoms with Gasteiger partial charge in [0, 0.05) is 10.6 Å². The number of halogens is 3. The number of sulfone groups is 1. The largest absolute Gasteiger partial charge is 0.458 e. The van der Waals surface area contributed by atoms with E-state index in [1.807, 2.05) is 0 Å². The minimum Gasteiger partial charge on any atom is -0.458 e. The first-order valence-corrected chi connectivity index (χ1v) is 13.5. The van der Waals surface area contributed by atoms with E-state index in [9.17, 15) is 13.2 Å². The molecule has 37 heavy (non-hydrogen) atoms. The van der Waals surface area contributed by atoms with Gasteiger partial charge in [0.05, 0.1) is 17.1 Å². The van der Waals surface area contributed by atoms with E-state index in [-0.39, 0.29) is 28.6 Å². The van der Waals surface area contributed by atoms with Crippen LogP contribution in [0.25, 0.3) is 5.57 Å². The average molecular weight is 544 g/mol. The first-order chi connectivity index (χ1) is 17.6. The zero-order chi connectivity index (χ0) is 26.6. The Balaban J connectivity index is 1.57. The fraction of sp³-hybridized carbons (Fsp3) is 0.179. The maximum atomic E-state index is 15.9. The predicted molar refractivity (Wildman–Crippen MR) is 139 cm³/mol. The molecular formula is C28H24ClF2NO4S. The molecule has 0 aromatic heterocycles. The Morgan fingerprint density at radius 2 is 1.76 bits per heavy atom. The standard InChI is InChI=1S/C28H24ClF2NO4S/c1-2-37(34,35)23-13-11-19(12-14-23)17-25(33)32-28(31)16-15-24(20-7-4-3-5-8-20)26(27(28)30)36-22-10-6-9-21(29)18-22/h3-16,18,27H,2,17H2,1H3,(H,32,33). The highest BCUT2D eigenvalue weighted by atomic mass is 35.5. The second kappa shape index (κ2) is 10.9. The average Bonchev–Trinajstić information content (AvgIpc) is 2.88. The van der Waals surface area contributed by atoms with Crippen molar-refractivity contribution in [3.05, 3.63) is 113 Å². The summed E-state index contributed by atoms with van der Waals surface area (Å²) < 4.78 is 61.5. The third kappa shape index (κ3) is 6.09. The molecule has 2 unspecified atom stereocenters. The Kier molecular flexibility index (Phi) is 7.80. The van der Waals surface area contributed by atoms with E-state index < -0.39 is 27.7 Å². The Morgan fingerprint density at radius 1 is 1.05 bits per heavy atom. The molecule has 192 valence electrons. The molecule has 0 bridgehead atoms. The van der Waals surface area contributed by atoms with Crippen LogP contribution in [0, 0.1) is 0 Å². The number of ether oxygens (including phenoxy) is 1. The molecule has 1 N–H and O–H groups in total. The van der Waals surface area contributed by atoms with Crippen LogP contribution in [0.4, 0.5) is 8.78 Å². The maximum absolute atomic E-state index is 15.9. The minimum absolute atomic E-state index is 0.0560. The second-order valence-electron chi connectivity index (χ2n) is 8.44. The van der Waals surface area contributed by atoms with Gasteiger partial charge in [-0.1, -0.05) is 67.1 Å². The quantitative estimate of drug-likeness (QED) is 0.361. The molecule has 0 heterocycles. The van der Waals surface area contributed by atoms with Crippen LogP contribution in [-0.4, -0.2) is 32.0 Å². The molecule has 1 aliphatic rings. The van der Waals surface area contributed by atoms with Crippen molar-refractivity contribution in [3.63, 3.8) is 0 Å². The second-order valence-corrected chi connectivity index (χ2v) is 11.2. The molecule has 0 fully saturated rings. The third-order valence-electron chi connectivity index (χ3n) is 5.82. The van der Waals surface area contributed by atoms with Crippen LogP contribution in [-0.2, 0) is 21.1 Å². The molecule has 0 spiro atoms. The molecule has 9 heteroatoms. The number of nitrogens with one attached hydrogen (secondary N) is 1. The van der Waals surface area contributed by atoms with Gasteiger partial charge in [0.15, 0.2) is 15.6 Å². The van der Waals surface area contributed by atoms with Gasteiger partial charge in [0.25, 0.3) is 0 Å². The van der Waals surface area contributed by atoms with E-state index in [1.165, 1.54) is 43.3 Å². The first kappa shape index (κ1) is 26.6. The van der Waals surface area contributed by atoms with Crippen LogP contribution >= 0.6 is 11.6 Å². The van der Waals surface area contributed by atoms with Crippen molar-refractivity contribution in [2.75, 3.05) is 5.75 Å². The fourth-order valence-electron chi connectivity index (χ4n) is 3.85. The predicted octanol–water partition coefficient (Wildman–Crippen LogP) is 5.86. The van der Waals surface area contributed by atoms with E-state index >= 15 is 8.78 Å². The van der Waals surface area contributed by atoms with Crippen molar-refractivity contribution in [2.24, 2.45) is 0 Å². The number of rotatable bonds is 8. The molecule has 1 amide bonds. The number of alkyl halides is 2. The van der Waals surface area contributed by atoms with Gasteiger partial charge in [-0.05, 0) is 53.6 Å². The SMILES string of the molecule is CCS(=O)(=O)c1ccc(CC(=O)NC2(F)C=CC(c3ccccc3)=C(Oc3cccc(Cl)c3)C2F)cc1. The number of hydrogen-bond acceptors (Lipinski definition) is 4. The number of hydrogen-bond donors (Lipinski definition) is 1. The van der Waals surface area contributed by atoms with Gasteiger partial charge >= 0.3 is 0 Å². The van der Waals surface area contributed by atoms with E-state index in [0.29, 0.717) is 21.7 Å². The summed E-state index contributed by atoms with van der Waals surface area (Å²) in [6.07, 6.45) is -0.318. The molecule has 4 rings (SSSR count). The van der Waals surface area contributed by atoms with E-state index in [0.717, 1.165) is 6.08 Å². The van der Waals surface area contributed by atoms with Crippen molar-refractivity contribution in [2.45, 2.75) is 30.2 Å². The number of benzene rings is 3. The fourth-order valence-corrected chi connectivity index (χ4v) is 4.91. The molecule has 1 aliphatic carbocycles. The van der Waals surface area contributed by atoms with Crippen LogP contribution in [0.1, 0.15) is 18.1 Å². The Bertz CT molecular complexity index is 1460. The number of allylic oxidation sites excluding steroid dienone is 2. The molecule has 3 aromatic carbocycles. The summed E-state index contributed by atoms with van der Waals surface area (Å²) in [7, 11) is -3.39. The summed E-state index contributed by atoms with van der Waals surface area (Å²) in [4.78, 5) is 12.8. The van der Waals surface area contributed by atoms with Crippen molar-refractivity contribution in [1.82, 2.24) is 5.32 Å². The first-order valence-electron chi connectivity index (χ1n) is 11.5. The van der Waals surface area contributed by atoms with E-state index in [4.69, 9.17) is 16.3 Å². The van der Waals surface area contributed by atoms with Crippen LogP contribution in [0.2, 0.25) is 5.02 Å². The van der Waals surface area contributed by atoms with Crippen LogP contribution < -0.4 is 10.1 Å². The van der Waals surface area contributed by atoms with Crippen molar-refractivity contribution >= 4 is 32.9 Å². The van der Waals surface area contributed by atoms with Gasteiger partial charge < -0.3 is 10.1 Å². The highest BCUT2D eigenvalue weighted by Gasteiger charge is 2.46. The van der Waals surface area contributed by atoms with E-state index in [2.05, 4.69) is 5.32 Å². The van der Waals surface area contributed by atoms with Crippen LogP contribution in [0.3, 0.4) is 0 Å². The summed E-state index contributed by atoms with van der Waals surface area (Å²) in [5.41, 5.74) is 1.37. The van der Waals surface area contributed by atoms with Crippen molar-refractivity contribution < 1.29 is 26.7 Å². The number of amides is 1. The molecule has 2 atom stereocenters. The zero-order valence-electron chi connectivity index (χ0n) is 19.8. The normalized spacial score (nSPS) is 19.5. The molecule has 0 saturated heterocycles. The monoisotopic (exact) mass is 543 g/mol. The summed E-state index contributed by atoms with van der Waals surface area (Å²) in [6.45, 7) is 1.53. The summed E-state index contributed by atoms with van der Waals surface area (Å²) in [5.74, 6) is -3.82. The summed E-state index contributed by atoms with van der Waals surface area (Å²) in [6, 6.07) is 20.8.